The highest BCUT2D eigenvalue weighted by molar-refractivity contribution is 6.10. The number of nitrogen functional groups attached to an aromatic ring is 1. The molecule has 0 aliphatic carbocycles. The average Bonchev–Trinajstić information content (AvgIpc) is 3.18. The number of nitrogens with two attached hydrogens (primary N) is 1. The number of aromatic nitrogens is 4. The Hall–Kier alpha value is -4.27. The molecule has 0 radical (unpaired) electrons. The fourth-order valence-corrected chi connectivity index (χ4v) is 3.72. The van der Waals surface area contributed by atoms with Gasteiger partial charge in [0.2, 0.25) is 5.69 Å². The van der Waals surface area contributed by atoms with Crippen LogP contribution in [0.2, 0.25) is 0 Å². The molecule has 0 spiro atoms. The highest BCUT2D eigenvalue weighted by Crippen LogP contribution is 2.36. The lowest BCUT2D eigenvalue weighted by molar-refractivity contribution is -0.137. The van der Waals surface area contributed by atoms with E-state index in [1.165, 1.54) is 30.9 Å². The van der Waals surface area contributed by atoms with E-state index in [2.05, 4.69) is 19.9 Å². The molecular weight excluding hydrogens is 454 g/mol. The van der Waals surface area contributed by atoms with Crippen LogP contribution in [0.4, 0.5) is 29.1 Å². The van der Waals surface area contributed by atoms with E-state index in [4.69, 9.17) is 12.3 Å². The summed E-state index contributed by atoms with van der Waals surface area (Å²) in [4.78, 5) is 25.4. The van der Waals surface area contributed by atoms with Crippen molar-refractivity contribution in [3.8, 4) is 0 Å². The number of fused-ring (bicyclic) bond motifs is 3. The first-order valence-corrected chi connectivity index (χ1v) is 9.86. The number of carbonyl (C=O) groups excluding carboxylic acids is 1. The van der Waals surface area contributed by atoms with Gasteiger partial charge in [0.15, 0.2) is 0 Å². The van der Waals surface area contributed by atoms with Crippen molar-refractivity contribution in [3.63, 3.8) is 0 Å². The molecule has 174 valence electrons. The third-order valence-corrected chi connectivity index (χ3v) is 5.67. The van der Waals surface area contributed by atoms with Crippen molar-refractivity contribution in [1.29, 1.82) is 0 Å². The van der Waals surface area contributed by atoms with Crippen molar-refractivity contribution in [3.05, 3.63) is 64.6 Å². The fourth-order valence-electron chi connectivity index (χ4n) is 3.72. The van der Waals surface area contributed by atoms with E-state index >= 15 is 0 Å². The molecule has 0 saturated heterocycles. The van der Waals surface area contributed by atoms with Gasteiger partial charge in [0, 0.05) is 31.7 Å². The molecule has 34 heavy (non-hydrogen) atoms. The van der Waals surface area contributed by atoms with Crippen molar-refractivity contribution >= 4 is 39.2 Å². The quantitative estimate of drug-likeness (QED) is 0.347. The topological polar surface area (TPSA) is 94.3 Å². The molecule has 4 rings (SSSR count). The van der Waals surface area contributed by atoms with Crippen molar-refractivity contribution in [2.24, 2.45) is 7.05 Å². The minimum absolute atomic E-state index is 0.0384. The van der Waals surface area contributed by atoms with Crippen LogP contribution in [0.25, 0.3) is 26.7 Å². The van der Waals surface area contributed by atoms with Gasteiger partial charge in [-0.2, -0.15) is 18.3 Å². The first kappa shape index (κ1) is 22.9. The number of amides is 1. The Labute approximate surface area is 190 Å². The predicted octanol–water partition coefficient (Wildman–Crippen LogP) is 4.64. The number of carbonyl (C=O) groups is 1. The number of hydrogen-bond acceptors (Lipinski definition) is 5. The number of aryl methyl sites for hydroxylation is 1. The Morgan fingerprint density at radius 3 is 2.59 bits per heavy atom. The van der Waals surface area contributed by atoms with Crippen LogP contribution in [0.5, 0.6) is 0 Å². The van der Waals surface area contributed by atoms with E-state index in [9.17, 15) is 22.4 Å². The molecule has 8 nitrogen and oxygen atoms in total. The Morgan fingerprint density at radius 2 is 1.94 bits per heavy atom. The van der Waals surface area contributed by atoms with Gasteiger partial charge in [0.05, 0.1) is 52.1 Å². The molecule has 12 heteroatoms. The molecule has 1 amide bonds. The molecule has 1 unspecified atom stereocenters. The Bertz CT molecular complexity index is 1500. The van der Waals surface area contributed by atoms with Gasteiger partial charge in [-0.25, -0.2) is 14.2 Å². The molecule has 4 aromatic rings. The first-order chi connectivity index (χ1) is 15.9. The number of rotatable bonds is 3. The number of nitrogens with zero attached hydrogens (tertiary/aromatic N) is 6. The summed E-state index contributed by atoms with van der Waals surface area (Å²) >= 11 is 0. The lowest BCUT2D eigenvalue weighted by atomic mass is 10.0. The van der Waals surface area contributed by atoms with E-state index in [0.717, 1.165) is 11.0 Å². The van der Waals surface area contributed by atoms with Crippen LogP contribution < -0.4 is 5.73 Å². The van der Waals surface area contributed by atoms with E-state index in [1.807, 2.05) is 0 Å². The summed E-state index contributed by atoms with van der Waals surface area (Å²) in [5, 5.41) is 5.13. The highest BCUT2D eigenvalue weighted by Gasteiger charge is 2.33. The Kier molecular flexibility index (Phi) is 5.35. The summed E-state index contributed by atoms with van der Waals surface area (Å²) in [6.07, 6.45) is -2.55. The van der Waals surface area contributed by atoms with Gasteiger partial charge in [-0.05, 0) is 19.1 Å². The number of pyridine rings is 2. The smallest absolute Gasteiger partial charge is 0.383 e. The Morgan fingerprint density at radius 1 is 1.24 bits per heavy atom. The lowest BCUT2D eigenvalue weighted by Gasteiger charge is -2.26. The van der Waals surface area contributed by atoms with Crippen LogP contribution in [-0.4, -0.2) is 37.6 Å². The van der Waals surface area contributed by atoms with Crippen LogP contribution in [0.15, 0.2) is 30.6 Å². The number of anilines is 1. The second-order valence-corrected chi connectivity index (χ2v) is 7.71. The minimum atomic E-state index is -4.67. The standard InChI is InChI=1S/C22H17F4N7O/c1-10(18-17(28-2)5-11(8-29-18)22(24,25)26)32(3)21(34)12-6-13-16(7-15(12)23)31-20(27)14-9-30-33(4)19(13)14/h5-10H,1,3-4H3,(H2,27,31). The largest absolute Gasteiger partial charge is 0.416 e. The molecule has 1 atom stereocenters. The lowest BCUT2D eigenvalue weighted by Crippen LogP contribution is -2.31. The van der Waals surface area contributed by atoms with Crippen LogP contribution in [0.1, 0.15) is 34.6 Å². The van der Waals surface area contributed by atoms with Gasteiger partial charge >= 0.3 is 6.18 Å². The maximum Gasteiger partial charge on any atom is 0.416 e. The number of alkyl halides is 3. The summed E-state index contributed by atoms with van der Waals surface area (Å²) in [6.45, 7) is 8.73. The fraction of sp³-hybridized carbons (Fsp3) is 0.227. The maximum absolute atomic E-state index is 14.9. The van der Waals surface area contributed by atoms with Gasteiger partial charge in [-0.3, -0.25) is 14.5 Å². The van der Waals surface area contributed by atoms with Crippen molar-refractivity contribution < 1.29 is 22.4 Å². The van der Waals surface area contributed by atoms with Gasteiger partial charge in [0.1, 0.15) is 11.6 Å². The SMILES string of the molecule is [C-]#[N+]c1cc(C(F)(F)F)cnc1C(C)N(C)C(=O)c1cc2c(cc1F)nc(N)c1cnn(C)c12. The summed E-state index contributed by atoms with van der Waals surface area (Å²) in [5.41, 5.74) is 4.99. The van der Waals surface area contributed by atoms with Gasteiger partial charge < -0.3 is 10.6 Å². The van der Waals surface area contributed by atoms with Crippen LogP contribution >= 0.6 is 0 Å². The molecule has 3 heterocycles. The average molecular weight is 471 g/mol. The number of halogens is 4. The van der Waals surface area contributed by atoms with E-state index < -0.39 is 29.5 Å². The van der Waals surface area contributed by atoms with Crippen molar-refractivity contribution in [2.45, 2.75) is 19.1 Å². The second-order valence-electron chi connectivity index (χ2n) is 7.71. The van der Waals surface area contributed by atoms with E-state index in [-0.39, 0.29) is 28.3 Å². The summed E-state index contributed by atoms with van der Waals surface area (Å²) in [5.74, 6) is -1.44. The molecular formula is C22H17F4N7O. The van der Waals surface area contributed by atoms with Gasteiger partial charge in [0.25, 0.3) is 5.91 Å². The highest BCUT2D eigenvalue weighted by atomic mass is 19.4. The zero-order valence-corrected chi connectivity index (χ0v) is 18.1. The zero-order valence-electron chi connectivity index (χ0n) is 18.1. The normalized spacial score (nSPS) is 12.6. The Balaban J connectivity index is 1.77. The van der Waals surface area contributed by atoms with Crippen LogP contribution in [-0.2, 0) is 13.2 Å². The van der Waals surface area contributed by atoms with Crippen LogP contribution in [0, 0.1) is 12.4 Å². The van der Waals surface area contributed by atoms with E-state index in [1.54, 1.807) is 7.05 Å². The minimum Gasteiger partial charge on any atom is -0.383 e. The summed E-state index contributed by atoms with van der Waals surface area (Å²) < 4.78 is 55.4. The van der Waals surface area contributed by atoms with Crippen LogP contribution in [0.3, 0.4) is 0 Å². The first-order valence-electron chi connectivity index (χ1n) is 9.86. The third-order valence-electron chi connectivity index (χ3n) is 5.67. The van der Waals surface area contributed by atoms with Gasteiger partial charge in [-0.1, -0.05) is 0 Å². The van der Waals surface area contributed by atoms with Gasteiger partial charge in [-0.15, -0.1) is 0 Å². The third kappa shape index (κ3) is 3.64. The molecule has 0 saturated carbocycles. The summed E-state index contributed by atoms with van der Waals surface area (Å²) in [7, 11) is 3.02. The molecule has 1 aromatic carbocycles. The second kappa shape index (κ2) is 7.95. The number of hydrogen-bond donors (Lipinski definition) is 1. The number of benzene rings is 1. The molecule has 0 bridgehead atoms. The van der Waals surface area contributed by atoms with Crippen molar-refractivity contribution in [1.82, 2.24) is 24.6 Å². The predicted molar refractivity (Wildman–Crippen MR) is 116 cm³/mol. The molecule has 0 aliphatic heterocycles. The molecule has 0 fully saturated rings. The van der Waals surface area contributed by atoms with E-state index in [0.29, 0.717) is 28.6 Å². The van der Waals surface area contributed by atoms with Crippen molar-refractivity contribution in [2.75, 3.05) is 12.8 Å². The monoisotopic (exact) mass is 471 g/mol. The molecule has 0 aliphatic rings. The molecule has 2 N–H and O–H groups in total. The summed E-state index contributed by atoms with van der Waals surface area (Å²) in [6, 6.07) is 2.18. The maximum atomic E-state index is 14.9. The molecule has 3 aromatic heterocycles. The zero-order chi connectivity index (χ0) is 24.9.